The van der Waals surface area contributed by atoms with Crippen molar-refractivity contribution >= 4 is 64.6 Å². The van der Waals surface area contributed by atoms with Crippen molar-refractivity contribution in [2.24, 2.45) is 0 Å². The molecule has 46 heavy (non-hydrogen) atoms. The van der Waals surface area contributed by atoms with Gasteiger partial charge in [0.1, 0.15) is 5.82 Å². The molecule has 9 rings (SSSR count). The van der Waals surface area contributed by atoms with Gasteiger partial charge in [0, 0.05) is 43.7 Å². The van der Waals surface area contributed by atoms with Crippen LogP contribution in [0, 0.1) is 0 Å². The summed E-state index contributed by atoms with van der Waals surface area (Å²) in [6.45, 7) is 0. The van der Waals surface area contributed by atoms with Crippen molar-refractivity contribution in [3.05, 3.63) is 175 Å². The van der Waals surface area contributed by atoms with Gasteiger partial charge in [0.2, 0.25) is 0 Å². The summed E-state index contributed by atoms with van der Waals surface area (Å²) in [5.74, 6) is 1.33. The van der Waals surface area contributed by atoms with Crippen molar-refractivity contribution in [3.8, 4) is 11.1 Å². The zero-order chi connectivity index (χ0) is 30.5. The Morgan fingerprint density at radius 3 is 2.15 bits per heavy atom. The molecule has 0 spiro atoms. The summed E-state index contributed by atoms with van der Waals surface area (Å²) in [6.07, 6.45) is 9.89. The third kappa shape index (κ3) is 4.51. The van der Waals surface area contributed by atoms with E-state index in [-0.39, 0.29) is 0 Å². The highest BCUT2D eigenvalue weighted by molar-refractivity contribution is 7.25. The molecule has 0 radical (unpaired) electrons. The first-order valence-electron chi connectivity index (χ1n) is 15.8. The third-order valence-corrected chi connectivity index (χ3v) is 10.4. The molecule has 218 valence electrons. The molecule has 1 atom stereocenters. The number of nitrogens with zero attached hydrogens (tertiary/aromatic N) is 2. The van der Waals surface area contributed by atoms with Gasteiger partial charge in [-0.25, -0.2) is 4.98 Å². The molecular formula is C43H30N2S. The van der Waals surface area contributed by atoms with E-state index in [0.29, 0.717) is 5.92 Å². The molecule has 1 aliphatic rings. The van der Waals surface area contributed by atoms with Gasteiger partial charge in [0.25, 0.3) is 0 Å². The molecule has 0 amide bonds. The zero-order valence-electron chi connectivity index (χ0n) is 25.2. The first-order valence-corrected chi connectivity index (χ1v) is 16.6. The predicted molar refractivity (Wildman–Crippen MR) is 197 cm³/mol. The molecule has 0 saturated heterocycles. The summed E-state index contributed by atoms with van der Waals surface area (Å²) in [4.78, 5) is 7.42. The second-order valence-corrected chi connectivity index (χ2v) is 13.0. The highest BCUT2D eigenvalue weighted by atomic mass is 32.1. The largest absolute Gasteiger partial charge is 0.295 e. The van der Waals surface area contributed by atoms with Crippen LogP contribution in [-0.4, -0.2) is 4.98 Å². The lowest BCUT2D eigenvalue weighted by Crippen LogP contribution is -2.18. The van der Waals surface area contributed by atoms with Crippen LogP contribution in [0.15, 0.2) is 170 Å². The number of aromatic nitrogens is 1. The normalized spacial score (nSPS) is 14.7. The van der Waals surface area contributed by atoms with Gasteiger partial charge < -0.3 is 0 Å². The quantitative estimate of drug-likeness (QED) is 0.181. The van der Waals surface area contributed by atoms with Crippen LogP contribution in [0.5, 0.6) is 0 Å². The molecular weight excluding hydrogens is 577 g/mol. The fraction of sp³-hybridized carbons (Fsp3) is 0.0465. The minimum atomic E-state index is 0.362. The van der Waals surface area contributed by atoms with Crippen LogP contribution in [0.25, 0.3) is 52.8 Å². The van der Waals surface area contributed by atoms with Crippen molar-refractivity contribution in [2.75, 3.05) is 4.90 Å². The van der Waals surface area contributed by atoms with E-state index < -0.39 is 0 Å². The van der Waals surface area contributed by atoms with Crippen LogP contribution in [0.3, 0.4) is 0 Å². The Balaban J connectivity index is 1.19. The number of hydrogen-bond acceptors (Lipinski definition) is 3. The summed E-state index contributed by atoms with van der Waals surface area (Å²) in [5, 5.41) is 7.55. The number of anilines is 2. The Hall–Kier alpha value is -5.51. The highest BCUT2D eigenvalue weighted by Crippen LogP contribution is 2.44. The summed E-state index contributed by atoms with van der Waals surface area (Å²) in [5.41, 5.74) is 6.04. The average molecular weight is 607 g/mol. The van der Waals surface area contributed by atoms with Crippen LogP contribution < -0.4 is 4.90 Å². The molecule has 3 heteroatoms. The van der Waals surface area contributed by atoms with E-state index in [1.165, 1.54) is 58.4 Å². The van der Waals surface area contributed by atoms with Crippen molar-refractivity contribution in [1.29, 1.82) is 0 Å². The van der Waals surface area contributed by atoms with Gasteiger partial charge in [0.05, 0.1) is 0 Å². The zero-order valence-corrected chi connectivity index (χ0v) is 26.0. The molecule has 2 heterocycles. The second-order valence-electron chi connectivity index (χ2n) is 11.9. The lowest BCUT2D eigenvalue weighted by molar-refractivity contribution is 0.839. The van der Waals surface area contributed by atoms with Gasteiger partial charge in [-0.1, -0.05) is 121 Å². The number of pyridine rings is 1. The predicted octanol–water partition coefficient (Wildman–Crippen LogP) is 12.2. The van der Waals surface area contributed by atoms with E-state index in [2.05, 4.69) is 163 Å². The Bertz CT molecular complexity index is 2450. The second kappa shape index (κ2) is 11.1. The molecule has 0 aliphatic heterocycles. The van der Waals surface area contributed by atoms with E-state index in [4.69, 9.17) is 4.98 Å². The molecule has 8 aromatic rings. The Kier molecular flexibility index (Phi) is 6.50. The third-order valence-electron chi connectivity index (χ3n) is 9.25. The number of allylic oxidation sites excluding steroid dienone is 3. The minimum Gasteiger partial charge on any atom is -0.295 e. The van der Waals surface area contributed by atoms with Gasteiger partial charge in [-0.15, -0.1) is 11.3 Å². The number of fused-ring (bicyclic) bond motifs is 6. The van der Waals surface area contributed by atoms with E-state index in [1.807, 2.05) is 17.5 Å². The molecule has 2 aromatic heterocycles. The maximum Gasteiger partial charge on any atom is 0.146 e. The summed E-state index contributed by atoms with van der Waals surface area (Å²) in [7, 11) is 0. The van der Waals surface area contributed by atoms with Crippen molar-refractivity contribution in [1.82, 2.24) is 4.98 Å². The maximum atomic E-state index is 5.07. The van der Waals surface area contributed by atoms with Crippen molar-refractivity contribution in [2.45, 2.75) is 12.3 Å². The summed E-state index contributed by atoms with van der Waals surface area (Å²) >= 11 is 1.83. The molecule has 1 unspecified atom stereocenters. The van der Waals surface area contributed by atoms with E-state index >= 15 is 0 Å². The van der Waals surface area contributed by atoms with Gasteiger partial charge >= 0.3 is 0 Å². The van der Waals surface area contributed by atoms with Gasteiger partial charge in [-0.3, -0.25) is 4.90 Å². The topological polar surface area (TPSA) is 16.1 Å². The molecule has 0 fully saturated rings. The van der Waals surface area contributed by atoms with Gasteiger partial charge in [-0.05, 0) is 81.1 Å². The van der Waals surface area contributed by atoms with Crippen LogP contribution >= 0.6 is 11.3 Å². The number of benzene rings is 6. The fourth-order valence-electron chi connectivity index (χ4n) is 7.02. The summed E-state index contributed by atoms with van der Waals surface area (Å²) in [6, 6.07) is 50.4. The number of hydrogen-bond donors (Lipinski definition) is 0. The average Bonchev–Trinajstić information content (AvgIpc) is 3.52. The molecule has 0 saturated carbocycles. The van der Waals surface area contributed by atoms with Crippen molar-refractivity contribution in [3.63, 3.8) is 0 Å². The summed E-state index contributed by atoms with van der Waals surface area (Å²) < 4.78 is 2.53. The van der Waals surface area contributed by atoms with E-state index in [9.17, 15) is 0 Å². The fourth-order valence-corrected chi connectivity index (χ4v) is 8.12. The van der Waals surface area contributed by atoms with Gasteiger partial charge in [0.15, 0.2) is 0 Å². The van der Waals surface area contributed by atoms with Gasteiger partial charge in [-0.2, -0.15) is 0 Å². The van der Waals surface area contributed by atoms with Crippen LogP contribution in [0.1, 0.15) is 17.9 Å². The number of thiophene rings is 1. The highest BCUT2D eigenvalue weighted by Gasteiger charge is 2.23. The Morgan fingerprint density at radius 2 is 1.35 bits per heavy atom. The molecule has 6 aromatic carbocycles. The van der Waals surface area contributed by atoms with Crippen LogP contribution in [-0.2, 0) is 0 Å². The lowest BCUT2D eigenvalue weighted by atomic mass is 9.91. The Morgan fingerprint density at radius 1 is 0.630 bits per heavy atom. The van der Waals surface area contributed by atoms with E-state index in [0.717, 1.165) is 23.6 Å². The minimum absolute atomic E-state index is 0.362. The molecule has 0 N–H and O–H groups in total. The molecule has 2 nitrogen and oxygen atoms in total. The van der Waals surface area contributed by atoms with Crippen molar-refractivity contribution < 1.29 is 0 Å². The van der Waals surface area contributed by atoms with Crippen LogP contribution in [0.2, 0.25) is 0 Å². The van der Waals surface area contributed by atoms with E-state index in [1.54, 1.807) is 0 Å². The lowest BCUT2D eigenvalue weighted by Gasteiger charge is -2.29. The Labute approximate surface area is 272 Å². The number of rotatable bonds is 5. The first-order chi connectivity index (χ1) is 22.8. The van der Waals surface area contributed by atoms with Crippen LogP contribution in [0.4, 0.5) is 11.5 Å². The first kappa shape index (κ1) is 26.9. The molecule has 0 bridgehead atoms. The standard InChI is InChI=1S/C43H30N2S/c1-2-10-29(11-3-1)30-18-22-33(23-19-30)45(43-42-38-16-8-9-17-40(38)46-41(42)26-27-44-43)34-24-20-31(21-25-34)39-28-32-12-4-5-13-35(32)36-14-6-7-15-37(36)39/h1-18,20-28,30H,19H2. The molecule has 1 aliphatic carbocycles. The monoisotopic (exact) mass is 606 g/mol. The SMILES string of the molecule is C1=CC(c2ccccc2)CC=C1N(c1ccc(-c2cc3ccccc3c3ccccc23)cc1)c1nccc2sc3ccccc3c12. The maximum absolute atomic E-state index is 5.07. The smallest absolute Gasteiger partial charge is 0.146 e.